The van der Waals surface area contributed by atoms with Crippen LogP contribution in [0.2, 0.25) is 0 Å². The van der Waals surface area contributed by atoms with Crippen LogP contribution in [0.25, 0.3) is 22.5 Å². The Balaban J connectivity index is 1.87. The smallest absolute Gasteiger partial charge is 0.269 e. The molecule has 0 saturated carbocycles. The number of thiophene rings is 1. The first kappa shape index (κ1) is 13.1. The van der Waals surface area contributed by atoms with Gasteiger partial charge in [-0.1, -0.05) is 46.6 Å². The molecule has 3 nitrogen and oxygen atoms in total. The maximum Gasteiger partial charge on any atom is 0.269 e. The van der Waals surface area contributed by atoms with Crippen LogP contribution in [-0.4, -0.2) is 10.1 Å². The largest absolute Gasteiger partial charge is 0.333 e. The van der Waals surface area contributed by atoms with E-state index in [1.165, 1.54) is 5.56 Å². The maximum absolute atomic E-state index is 6.22. The molecule has 0 aliphatic heterocycles. The van der Waals surface area contributed by atoms with Crippen molar-refractivity contribution in [2.45, 2.75) is 6.92 Å². The number of aryl methyl sites for hydroxylation is 1. The van der Waals surface area contributed by atoms with Crippen molar-refractivity contribution in [3.8, 4) is 11.4 Å². The molecule has 2 aromatic heterocycles. The van der Waals surface area contributed by atoms with Gasteiger partial charge in [0.2, 0.25) is 5.82 Å². The fourth-order valence-corrected chi connectivity index (χ4v) is 2.54. The van der Waals surface area contributed by atoms with E-state index in [9.17, 15) is 0 Å². The minimum absolute atomic E-state index is 0.327. The first-order chi connectivity index (χ1) is 9.72. The van der Waals surface area contributed by atoms with E-state index in [-0.39, 0.29) is 0 Å². The topological polar surface area (TPSA) is 38.9 Å². The first-order valence-corrected chi connectivity index (χ1v) is 7.35. The van der Waals surface area contributed by atoms with Crippen LogP contribution >= 0.6 is 22.9 Å². The van der Waals surface area contributed by atoms with Gasteiger partial charge in [0.25, 0.3) is 5.89 Å². The van der Waals surface area contributed by atoms with Crippen LogP contribution < -0.4 is 0 Å². The molecule has 0 aliphatic carbocycles. The fourth-order valence-electron chi connectivity index (χ4n) is 1.70. The predicted molar refractivity (Wildman–Crippen MR) is 82.5 cm³/mol. The van der Waals surface area contributed by atoms with Gasteiger partial charge in [-0.15, -0.1) is 0 Å². The van der Waals surface area contributed by atoms with Gasteiger partial charge >= 0.3 is 0 Å². The molecule has 0 radical (unpaired) electrons. The summed E-state index contributed by atoms with van der Waals surface area (Å²) < 4.78 is 5.19. The molecular formula is C15H11ClN2OS. The van der Waals surface area contributed by atoms with Gasteiger partial charge in [0, 0.05) is 10.9 Å². The molecule has 20 heavy (non-hydrogen) atoms. The lowest BCUT2D eigenvalue weighted by atomic mass is 10.1. The maximum atomic E-state index is 6.22. The van der Waals surface area contributed by atoms with Gasteiger partial charge in [-0.05, 0) is 30.0 Å². The summed E-state index contributed by atoms with van der Waals surface area (Å²) in [6.07, 6.45) is 1.81. The summed E-state index contributed by atoms with van der Waals surface area (Å²) in [6, 6.07) is 9.99. The second-order valence-electron chi connectivity index (χ2n) is 4.34. The van der Waals surface area contributed by atoms with Gasteiger partial charge in [-0.3, -0.25) is 0 Å². The third-order valence-corrected chi connectivity index (χ3v) is 3.73. The summed E-state index contributed by atoms with van der Waals surface area (Å²) in [5.74, 6) is 0.880. The highest BCUT2D eigenvalue weighted by molar-refractivity contribution is 7.08. The molecule has 0 saturated heterocycles. The Morgan fingerprint density at radius 2 is 2.05 bits per heavy atom. The number of nitrogens with zero attached hydrogens (tertiary/aromatic N) is 2. The van der Waals surface area contributed by atoms with Crippen molar-refractivity contribution in [2.24, 2.45) is 0 Å². The molecule has 0 atom stereocenters. The van der Waals surface area contributed by atoms with Crippen molar-refractivity contribution >= 4 is 34.0 Å². The highest BCUT2D eigenvalue weighted by atomic mass is 35.5. The average Bonchev–Trinajstić information content (AvgIpc) is 3.11. The van der Waals surface area contributed by atoms with Crippen molar-refractivity contribution in [1.29, 1.82) is 0 Å². The average molecular weight is 303 g/mol. The predicted octanol–water partition coefficient (Wildman–Crippen LogP) is 4.84. The summed E-state index contributed by atoms with van der Waals surface area (Å²) in [4.78, 5) is 4.30. The Hall–Kier alpha value is -1.91. The molecule has 0 spiro atoms. The van der Waals surface area contributed by atoms with E-state index in [4.69, 9.17) is 16.1 Å². The highest BCUT2D eigenvalue weighted by Gasteiger charge is 2.11. The van der Waals surface area contributed by atoms with Crippen molar-refractivity contribution in [3.05, 3.63) is 58.1 Å². The molecular weight excluding hydrogens is 292 g/mol. The van der Waals surface area contributed by atoms with Gasteiger partial charge in [-0.25, -0.2) is 0 Å². The van der Waals surface area contributed by atoms with E-state index in [0.717, 1.165) is 11.1 Å². The summed E-state index contributed by atoms with van der Waals surface area (Å²) in [7, 11) is 0. The lowest BCUT2D eigenvalue weighted by molar-refractivity contribution is 0.410. The van der Waals surface area contributed by atoms with Gasteiger partial charge in [0.1, 0.15) is 5.03 Å². The second kappa shape index (κ2) is 5.61. The SMILES string of the molecule is Cc1ccc(/C=C(\Cl)c2nc(-c3ccsc3)no2)cc1. The normalized spacial score (nSPS) is 11.8. The first-order valence-electron chi connectivity index (χ1n) is 6.03. The molecule has 100 valence electrons. The lowest BCUT2D eigenvalue weighted by Crippen LogP contribution is -1.80. The number of rotatable bonds is 3. The van der Waals surface area contributed by atoms with Gasteiger partial charge < -0.3 is 4.52 Å². The second-order valence-corrected chi connectivity index (χ2v) is 5.53. The number of aromatic nitrogens is 2. The Morgan fingerprint density at radius 3 is 2.75 bits per heavy atom. The van der Waals surface area contributed by atoms with Crippen LogP contribution in [0.1, 0.15) is 17.0 Å². The monoisotopic (exact) mass is 302 g/mol. The zero-order valence-corrected chi connectivity index (χ0v) is 12.3. The Labute approximate surface area is 125 Å². The van der Waals surface area contributed by atoms with Crippen molar-refractivity contribution < 1.29 is 4.52 Å². The van der Waals surface area contributed by atoms with E-state index < -0.39 is 0 Å². The minimum atomic E-state index is 0.327. The summed E-state index contributed by atoms with van der Waals surface area (Å²) >= 11 is 7.81. The zero-order chi connectivity index (χ0) is 13.9. The standard InChI is InChI=1S/C15H11ClN2OS/c1-10-2-4-11(5-3-10)8-13(16)15-17-14(18-19-15)12-6-7-20-9-12/h2-9H,1H3/b13-8-. The molecule has 1 aromatic carbocycles. The Morgan fingerprint density at radius 1 is 1.25 bits per heavy atom. The number of halogens is 1. The van der Waals surface area contributed by atoms with E-state index in [1.807, 2.05) is 54.1 Å². The summed E-state index contributed by atoms with van der Waals surface area (Å²) in [5.41, 5.74) is 3.14. The molecule has 0 unspecified atom stereocenters. The zero-order valence-electron chi connectivity index (χ0n) is 10.7. The quantitative estimate of drug-likeness (QED) is 0.694. The van der Waals surface area contributed by atoms with Gasteiger partial charge in [0.05, 0.1) is 0 Å². The minimum Gasteiger partial charge on any atom is -0.333 e. The van der Waals surface area contributed by atoms with Crippen LogP contribution in [0.3, 0.4) is 0 Å². The van der Waals surface area contributed by atoms with E-state index >= 15 is 0 Å². The Kier molecular flexibility index (Phi) is 3.67. The number of hydrogen-bond donors (Lipinski definition) is 0. The fraction of sp³-hybridized carbons (Fsp3) is 0.0667. The molecule has 0 fully saturated rings. The van der Waals surface area contributed by atoms with Crippen molar-refractivity contribution in [2.75, 3.05) is 0 Å². The third-order valence-electron chi connectivity index (χ3n) is 2.78. The summed E-state index contributed by atoms with van der Waals surface area (Å²) in [6.45, 7) is 2.04. The highest BCUT2D eigenvalue weighted by Crippen LogP contribution is 2.24. The van der Waals surface area contributed by atoms with E-state index in [1.54, 1.807) is 11.3 Å². The molecule has 3 aromatic rings. The van der Waals surface area contributed by atoms with Crippen molar-refractivity contribution in [3.63, 3.8) is 0 Å². The number of hydrogen-bond acceptors (Lipinski definition) is 4. The van der Waals surface area contributed by atoms with Crippen LogP contribution in [0.5, 0.6) is 0 Å². The molecule has 0 amide bonds. The molecule has 0 bridgehead atoms. The molecule has 5 heteroatoms. The van der Waals surface area contributed by atoms with Crippen LogP contribution in [-0.2, 0) is 0 Å². The lowest BCUT2D eigenvalue weighted by Gasteiger charge is -1.95. The molecule has 0 N–H and O–H groups in total. The van der Waals surface area contributed by atoms with E-state index in [0.29, 0.717) is 16.7 Å². The number of benzene rings is 1. The molecule has 3 rings (SSSR count). The van der Waals surface area contributed by atoms with Crippen LogP contribution in [0.15, 0.2) is 45.6 Å². The molecule has 2 heterocycles. The van der Waals surface area contributed by atoms with Crippen LogP contribution in [0, 0.1) is 6.92 Å². The van der Waals surface area contributed by atoms with Gasteiger partial charge in [0.15, 0.2) is 0 Å². The van der Waals surface area contributed by atoms with Crippen LogP contribution in [0.4, 0.5) is 0 Å². The van der Waals surface area contributed by atoms with Gasteiger partial charge in [-0.2, -0.15) is 16.3 Å². The third kappa shape index (κ3) is 2.81. The Bertz CT molecular complexity index is 730. The summed E-state index contributed by atoms with van der Waals surface area (Å²) in [5, 5.41) is 8.30. The van der Waals surface area contributed by atoms with E-state index in [2.05, 4.69) is 10.1 Å². The molecule has 0 aliphatic rings. The van der Waals surface area contributed by atoms with Crippen molar-refractivity contribution in [1.82, 2.24) is 10.1 Å².